The molecule has 6 heterocycles. The van der Waals surface area contributed by atoms with Gasteiger partial charge >= 0.3 is 0 Å². The molecule has 14 rings (SSSR count). The molecule has 0 unspecified atom stereocenters. The first-order valence-electron chi connectivity index (χ1n) is 30.9. The van der Waals surface area contributed by atoms with Gasteiger partial charge in [-0.2, -0.15) is 5.26 Å². The van der Waals surface area contributed by atoms with Crippen LogP contribution in [0.5, 0.6) is 0 Å². The third-order valence-corrected chi connectivity index (χ3v) is 11.8. The molecule has 0 saturated carbocycles. The van der Waals surface area contributed by atoms with Crippen molar-refractivity contribution >= 4 is 122 Å². The number of thiophene rings is 1. The lowest BCUT2D eigenvalue weighted by Crippen LogP contribution is -2.61. The first-order chi connectivity index (χ1) is 40.0. The fraction of sp³-hybridized carbons (Fsp3) is 0. The minimum atomic E-state index is -1.90. The van der Waals surface area contributed by atoms with E-state index in [-0.39, 0.29) is 41.9 Å². The Balaban J connectivity index is 1.28. The highest BCUT2D eigenvalue weighted by molar-refractivity contribution is 7.26. The van der Waals surface area contributed by atoms with Gasteiger partial charge in [0.05, 0.1) is 98.5 Å². The SMILES string of the molecule is [2H]c1c([2H])c([2H])c(-c2c([2H])c([2H])c3oc4c(c3c2[2H])N(c2c([2H])c([2H])c([2H])c3c2sc2c([2H])c([2H])c([2H])c([2H])c23)c2c([2H])c(C#N)c([2H])c3c2B4c2c([2H])c([2H])c([2H])c4c2N3c2c([2H])c([2H])c([2H])c3c5c([2H])c([2H])c([2H])c([2H])c5n-4c23)c([2H])c1[2H]. The minimum absolute atomic E-state index is 0.187. The van der Waals surface area contributed by atoms with Gasteiger partial charge in [0.15, 0.2) is 0 Å². The van der Waals surface area contributed by atoms with Crippen LogP contribution in [0, 0.1) is 11.3 Å². The molecule has 0 N–H and O–H groups in total. The van der Waals surface area contributed by atoms with Crippen molar-refractivity contribution in [2.24, 2.45) is 0 Å². The molecule has 58 heavy (non-hydrogen) atoms. The van der Waals surface area contributed by atoms with Crippen molar-refractivity contribution < 1.29 is 41.4 Å². The number of aromatic nitrogens is 1. The Labute approximate surface area is 374 Å². The number of para-hydroxylation sites is 3. The minimum Gasteiger partial charge on any atom is -0.468 e. The molecule has 0 saturated heterocycles. The summed E-state index contributed by atoms with van der Waals surface area (Å²) < 4.78 is 258. The average molecular weight is 782 g/mol. The summed E-state index contributed by atoms with van der Waals surface area (Å²) in [7, 11) is 0. The van der Waals surface area contributed by atoms with Gasteiger partial charge in [0.2, 0.25) is 0 Å². The highest BCUT2D eigenvalue weighted by Crippen LogP contribution is 2.54. The molecule has 5 nitrogen and oxygen atoms in total. The van der Waals surface area contributed by atoms with Crippen molar-refractivity contribution in [3.63, 3.8) is 0 Å². The van der Waals surface area contributed by atoms with Gasteiger partial charge in [0, 0.05) is 43.0 Å². The molecule has 0 spiro atoms. The lowest BCUT2D eigenvalue weighted by molar-refractivity contribution is 0.651. The van der Waals surface area contributed by atoms with Crippen LogP contribution in [0.15, 0.2) is 168 Å². The van der Waals surface area contributed by atoms with E-state index in [0.717, 1.165) is 14.4 Å². The number of fused-ring (bicyclic) bond motifs is 14. The molecule has 0 atom stereocenters. The average Bonchev–Trinajstić information content (AvgIpc) is 1.65. The Kier molecular flexibility index (Phi) is 2.83. The Hall–Kier alpha value is -7.53. The molecule has 7 heteroatoms. The molecular weight excluding hydrogens is 727 g/mol. The topological polar surface area (TPSA) is 48.3 Å². The third-order valence-electron chi connectivity index (χ3n) is 10.7. The van der Waals surface area contributed by atoms with Crippen LogP contribution in [0.3, 0.4) is 0 Å². The van der Waals surface area contributed by atoms with E-state index in [0.29, 0.717) is 11.3 Å². The normalized spacial score (nSPS) is 19.9. The Bertz CT molecular complexity index is 5250. The zero-order valence-corrected chi connectivity index (χ0v) is 29.5. The number of nitriles is 1. The van der Waals surface area contributed by atoms with Crippen LogP contribution in [-0.4, -0.2) is 11.3 Å². The van der Waals surface area contributed by atoms with Crippen LogP contribution in [-0.2, 0) is 0 Å². The zero-order chi connectivity index (χ0) is 61.3. The van der Waals surface area contributed by atoms with Crippen LogP contribution >= 0.6 is 11.3 Å². The molecule has 3 aromatic heterocycles. The number of hydrogen-bond donors (Lipinski definition) is 0. The van der Waals surface area contributed by atoms with Gasteiger partial charge in [-0.3, -0.25) is 0 Å². The van der Waals surface area contributed by atoms with E-state index in [1.54, 1.807) is 0 Å². The molecular formula is C51H27BN4OS. The number of furan rings is 1. The highest BCUT2D eigenvalue weighted by atomic mass is 32.1. The molecule has 3 aliphatic rings. The maximum atomic E-state index is 11.3. The van der Waals surface area contributed by atoms with Gasteiger partial charge in [-0.25, -0.2) is 0 Å². The van der Waals surface area contributed by atoms with E-state index in [4.69, 9.17) is 19.5 Å². The van der Waals surface area contributed by atoms with Crippen LogP contribution < -0.4 is 26.4 Å². The fourth-order valence-corrected chi connectivity index (χ4v) is 9.58. The third kappa shape index (κ3) is 3.72. The van der Waals surface area contributed by atoms with E-state index in [1.165, 1.54) is 0 Å². The molecule has 11 aromatic rings. The summed E-state index contributed by atoms with van der Waals surface area (Å²) in [6.45, 7) is -1.90. The Morgan fingerprint density at radius 1 is 0.569 bits per heavy atom. The second-order valence-corrected chi connectivity index (χ2v) is 14.5. The van der Waals surface area contributed by atoms with E-state index < -0.39 is 254 Å². The predicted octanol–water partition coefficient (Wildman–Crippen LogP) is 11.8. The van der Waals surface area contributed by atoms with E-state index >= 15 is 0 Å². The molecule has 3 aliphatic heterocycles. The van der Waals surface area contributed by atoms with Gasteiger partial charge in [-0.05, 0) is 76.4 Å². The van der Waals surface area contributed by atoms with Crippen molar-refractivity contribution in [2.75, 3.05) is 9.80 Å². The molecule has 0 aliphatic carbocycles. The molecule has 0 fully saturated rings. The fourth-order valence-electron chi connectivity index (χ4n) is 8.53. The number of benzene rings is 8. The van der Waals surface area contributed by atoms with Gasteiger partial charge < -0.3 is 18.8 Å². The maximum Gasteiger partial charge on any atom is 0.297 e. The first-order valence-corrected chi connectivity index (χ1v) is 18.2. The summed E-state index contributed by atoms with van der Waals surface area (Å²) in [6.07, 6.45) is 0. The highest BCUT2D eigenvalue weighted by Gasteiger charge is 2.49. The van der Waals surface area contributed by atoms with Crippen molar-refractivity contribution in [1.29, 1.82) is 5.26 Å². The summed E-state index contributed by atoms with van der Waals surface area (Å²) in [6, 6.07) is -20.1. The van der Waals surface area contributed by atoms with Crippen molar-refractivity contribution in [3.05, 3.63) is 169 Å². The van der Waals surface area contributed by atoms with E-state index in [2.05, 4.69) is 0 Å². The monoisotopic (exact) mass is 781 g/mol. The lowest BCUT2D eigenvalue weighted by atomic mass is 9.35. The lowest BCUT2D eigenvalue weighted by Gasteiger charge is -2.44. The number of nitrogens with zero attached hydrogens (tertiary/aromatic N) is 4. The van der Waals surface area contributed by atoms with E-state index in [9.17, 15) is 27.2 Å². The largest absolute Gasteiger partial charge is 0.468 e. The number of rotatable bonds is 2. The Morgan fingerprint density at radius 2 is 1.28 bits per heavy atom. The van der Waals surface area contributed by atoms with Crippen molar-refractivity contribution in [1.82, 2.24) is 4.57 Å². The maximum absolute atomic E-state index is 11.3. The van der Waals surface area contributed by atoms with Crippen molar-refractivity contribution in [3.8, 4) is 22.9 Å². The van der Waals surface area contributed by atoms with Gasteiger partial charge in [-0.1, -0.05) is 109 Å². The molecule has 0 bridgehead atoms. The van der Waals surface area contributed by atoms with Gasteiger partial charge in [0.1, 0.15) is 5.58 Å². The molecule has 266 valence electrons. The standard InChI is InChI=1S/C51H27BN4OS/c53-28-29-25-42-46-43(26-29)56(41-21-9-16-35-33-14-5-7-22-45(33)58-50(35)41)48-36-27-31(30-11-2-1-3-12-30)23-24-44(36)57-51(48)52(46)37-17-10-20-40-49(37)55(42)39-19-8-15-34-32-13-4-6-18-38(32)54(40)47(34)39/h1-27H/i1D,2D,3D,4D,5D,6D,7D,8D,9D,10D,11D,12D,13D,14D,15D,16D,17D,18D,19D,20D,21D,22D,23D,24D,25D,26D,27D. The second kappa shape index (κ2) is 10.9. The first kappa shape index (κ1) is 15.1. The molecule has 8 aromatic carbocycles. The van der Waals surface area contributed by atoms with Crippen molar-refractivity contribution in [2.45, 2.75) is 0 Å². The van der Waals surface area contributed by atoms with Crippen LogP contribution in [0.2, 0.25) is 0 Å². The van der Waals surface area contributed by atoms with Gasteiger partial charge in [-0.15, -0.1) is 11.3 Å². The molecule has 0 amide bonds. The van der Waals surface area contributed by atoms with Crippen LogP contribution in [0.1, 0.15) is 42.6 Å². The quantitative estimate of drug-likeness (QED) is 0.164. The summed E-state index contributed by atoms with van der Waals surface area (Å²) in [4.78, 5) is 2.09. The zero-order valence-electron chi connectivity index (χ0n) is 55.7. The van der Waals surface area contributed by atoms with Crippen LogP contribution in [0.25, 0.3) is 69.8 Å². The Morgan fingerprint density at radius 3 is 2.14 bits per heavy atom. The predicted molar refractivity (Wildman–Crippen MR) is 241 cm³/mol. The van der Waals surface area contributed by atoms with E-state index in [1.807, 2.05) is 6.07 Å². The van der Waals surface area contributed by atoms with Gasteiger partial charge in [0.25, 0.3) is 6.71 Å². The smallest absolute Gasteiger partial charge is 0.297 e. The summed E-state index contributed by atoms with van der Waals surface area (Å²) in [5, 5.41) is 9.36. The number of hydrogen-bond acceptors (Lipinski definition) is 5. The second-order valence-electron chi connectivity index (χ2n) is 13.4. The summed E-state index contributed by atoms with van der Waals surface area (Å²) in [5.41, 5.74) is -8.48. The number of anilines is 6. The van der Waals surface area contributed by atoms with Crippen LogP contribution in [0.4, 0.5) is 34.1 Å². The summed E-state index contributed by atoms with van der Waals surface area (Å²) in [5.74, 6) is 0. The summed E-state index contributed by atoms with van der Waals surface area (Å²) >= 11 is 0.610. The molecule has 0 radical (unpaired) electrons.